The van der Waals surface area contributed by atoms with Crippen molar-refractivity contribution in [3.8, 4) is 10.8 Å². The molecule has 4 heteroatoms. The first-order chi connectivity index (χ1) is 9.74. The summed E-state index contributed by atoms with van der Waals surface area (Å²) in [7, 11) is 2.22. The molecule has 0 aliphatic heterocycles. The van der Waals surface area contributed by atoms with Gasteiger partial charge in [-0.1, -0.05) is 25.3 Å². The summed E-state index contributed by atoms with van der Waals surface area (Å²) < 4.78 is 5.82. The Morgan fingerprint density at radius 3 is 2.85 bits per heavy atom. The Kier molecular flexibility index (Phi) is 4.22. The van der Waals surface area contributed by atoms with Crippen LogP contribution >= 0.6 is 11.3 Å². The minimum Gasteiger partial charge on any atom is -0.440 e. The Labute approximate surface area is 124 Å². The third kappa shape index (κ3) is 2.96. The summed E-state index contributed by atoms with van der Waals surface area (Å²) in [6, 6.07) is 4.81. The maximum absolute atomic E-state index is 5.82. The Morgan fingerprint density at radius 1 is 1.35 bits per heavy atom. The Morgan fingerprint density at radius 2 is 2.15 bits per heavy atom. The smallest absolute Gasteiger partial charge is 0.236 e. The fourth-order valence-corrected chi connectivity index (χ4v) is 3.62. The van der Waals surface area contributed by atoms with E-state index in [1.54, 1.807) is 11.3 Å². The topological polar surface area (TPSA) is 29.3 Å². The van der Waals surface area contributed by atoms with Crippen molar-refractivity contribution >= 4 is 11.3 Å². The number of hydrogen-bond donors (Lipinski definition) is 0. The SMILES string of the molecule is Cc1oc(-c2cccs2)nc1CN(C)C1CCCCC1. The van der Waals surface area contributed by atoms with E-state index in [0.717, 1.165) is 28.8 Å². The van der Waals surface area contributed by atoms with Gasteiger partial charge in [0, 0.05) is 12.6 Å². The van der Waals surface area contributed by atoms with E-state index in [0.29, 0.717) is 6.04 Å². The van der Waals surface area contributed by atoms with Crippen LogP contribution in [0.15, 0.2) is 21.9 Å². The molecule has 0 spiro atoms. The second-order valence-electron chi connectivity index (χ2n) is 5.71. The highest BCUT2D eigenvalue weighted by Crippen LogP contribution is 2.28. The monoisotopic (exact) mass is 290 g/mol. The van der Waals surface area contributed by atoms with Crippen LogP contribution in [-0.4, -0.2) is 23.0 Å². The van der Waals surface area contributed by atoms with E-state index in [2.05, 4.69) is 28.4 Å². The molecule has 1 saturated carbocycles. The quantitative estimate of drug-likeness (QED) is 0.831. The van der Waals surface area contributed by atoms with Crippen molar-refractivity contribution in [1.29, 1.82) is 0 Å². The highest BCUT2D eigenvalue weighted by molar-refractivity contribution is 7.13. The van der Waals surface area contributed by atoms with Crippen molar-refractivity contribution in [2.75, 3.05) is 7.05 Å². The van der Waals surface area contributed by atoms with Crippen molar-refractivity contribution in [3.05, 3.63) is 29.0 Å². The van der Waals surface area contributed by atoms with Gasteiger partial charge in [0.05, 0.1) is 10.6 Å². The Bertz CT molecular complexity index is 541. The van der Waals surface area contributed by atoms with E-state index in [4.69, 9.17) is 4.42 Å². The molecule has 0 N–H and O–H groups in total. The van der Waals surface area contributed by atoms with E-state index in [9.17, 15) is 0 Å². The molecule has 2 aromatic heterocycles. The second-order valence-corrected chi connectivity index (χ2v) is 6.65. The van der Waals surface area contributed by atoms with Crippen molar-refractivity contribution in [3.63, 3.8) is 0 Å². The van der Waals surface area contributed by atoms with Crippen LogP contribution in [0.2, 0.25) is 0 Å². The van der Waals surface area contributed by atoms with Crippen LogP contribution in [0.1, 0.15) is 43.6 Å². The van der Waals surface area contributed by atoms with Gasteiger partial charge in [0.15, 0.2) is 0 Å². The van der Waals surface area contributed by atoms with E-state index >= 15 is 0 Å². The van der Waals surface area contributed by atoms with Gasteiger partial charge in [0.2, 0.25) is 5.89 Å². The molecule has 2 heterocycles. The summed E-state index contributed by atoms with van der Waals surface area (Å²) in [4.78, 5) is 8.25. The summed E-state index contributed by atoms with van der Waals surface area (Å²) in [6.45, 7) is 2.92. The lowest BCUT2D eigenvalue weighted by Gasteiger charge is -2.30. The molecule has 0 bridgehead atoms. The number of thiophene rings is 1. The second kappa shape index (κ2) is 6.10. The molecule has 20 heavy (non-hydrogen) atoms. The number of aromatic nitrogens is 1. The molecule has 0 atom stereocenters. The molecule has 108 valence electrons. The maximum Gasteiger partial charge on any atom is 0.236 e. The van der Waals surface area contributed by atoms with Crippen LogP contribution in [0.3, 0.4) is 0 Å². The van der Waals surface area contributed by atoms with Crippen molar-refractivity contribution < 1.29 is 4.42 Å². The minimum absolute atomic E-state index is 0.713. The number of oxazole rings is 1. The molecule has 1 aliphatic carbocycles. The predicted molar refractivity (Wildman–Crippen MR) is 82.9 cm³/mol. The van der Waals surface area contributed by atoms with Crippen LogP contribution in [0, 0.1) is 6.92 Å². The van der Waals surface area contributed by atoms with Crippen LogP contribution in [-0.2, 0) is 6.54 Å². The summed E-state index contributed by atoms with van der Waals surface area (Å²) in [5.74, 6) is 1.72. The lowest BCUT2D eigenvalue weighted by Crippen LogP contribution is -2.33. The first kappa shape index (κ1) is 13.8. The predicted octanol–water partition coefficient (Wildman–Crippen LogP) is 4.48. The van der Waals surface area contributed by atoms with Crippen LogP contribution < -0.4 is 0 Å². The van der Waals surface area contributed by atoms with Crippen LogP contribution in [0.25, 0.3) is 10.8 Å². The van der Waals surface area contributed by atoms with E-state index in [1.807, 2.05) is 13.0 Å². The number of rotatable bonds is 4. The number of aryl methyl sites for hydroxylation is 1. The lowest BCUT2D eigenvalue weighted by molar-refractivity contribution is 0.182. The number of hydrogen-bond acceptors (Lipinski definition) is 4. The standard InChI is InChI=1S/C16H22N2OS/c1-12-14(11-18(2)13-7-4-3-5-8-13)17-16(19-12)15-9-6-10-20-15/h6,9-10,13H,3-5,7-8,11H2,1-2H3. The van der Waals surface area contributed by atoms with Crippen molar-refractivity contribution in [1.82, 2.24) is 9.88 Å². The fourth-order valence-electron chi connectivity index (χ4n) is 2.97. The molecule has 1 fully saturated rings. The normalized spacial score (nSPS) is 16.9. The Hall–Kier alpha value is -1.13. The van der Waals surface area contributed by atoms with E-state index in [1.165, 1.54) is 32.1 Å². The zero-order chi connectivity index (χ0) is 13.9. The first-order valence-corrected chi connectivity index (χ1v) is 8.32. The summed E-state index contributed by atoms with van der Waals surface area (Å²) >= 11 is 1.68. The third-order valence-corrected chi connectivity index (χ3v) is 5.08. The van der Waals surface area contributed by atoms with Gasteiger partial charge >= 0.3 is 0 Å². The van der Waals surface area contributed by atoms with Gasteiger partial charge < -0.3 is 4.42 Å². The number of nitrogens with zero attached hydrogens (tertiary/aromatic N) is 2. The molecule has 0 unspecified atom stereocenters. The van der Waals surface area contributed by atoms with Gasteiger partial charge in [-0.3, -0.25) is 4.90 Å². The molecule has 0 radical (unpaired) electrons. The van der Waals surface area contributed by atoms with E-state index in [-0.39, 0.29) is 0 Å². The molecule has 3 rings (SSSR count). The van der Waals surface area contributed by atoms with Crippen LogP contribution in [0.4, 0.5) is 0 Å². The molecule has 3 nitrogen and oxygen atoms in total. The average Bonchev–Trinajstić information content (AvgIpc) is 3.10. The summed E-state index contributed by atoms with van der Waals surface area (Å²) in [6.07, 6.45) is 6.78. The van der Waals surface area contributed by atoms with Crippen molar-refractivity contribution in [2.24, 2.45) is 0 Å². The van der Waals surface area contributed by atoms with Gasteiger partial charge in [0.1, 0.15) is 5.76 Å². The average molecular weight is 290 g/mol. The van der Waals surface area contributed by atoms with Gasteiger partial charge in [-0.25, -0.2) is 4.98 Å². The highest BCUT2D eigenvalue weighted by atomic mass is 32.1. The zero-order valence-electron chi connectivity index (χ0n) is 12.3. The largest absolute Gasteiger partial charge is 0.440 e. The Balaban J connectivity index is 1.70. The minimum atomic E-state index is 0.713. The molecule has 0 aromatic carbocycles. The van der Waals surface area contributed by atoms with E-state index < -0.39 is 0 Å². The maximum atomic E-state index is 5.82. The first-order valence-electron chi connectivity index (χ1n) is 7.44. The molecular formula is C16H22N2OS. The third-order valence-electron chi connectivity index (χ3n) is 4.22. The van der Waals surface area contributed by atoms with Gasteiger partial charge in [-0.15, -0.1) is 11.3 Å². The van der Waals surface area contributed by atoms with Gasteiger partial charge in [-0.05, 0) is 38.3 Å². The fraction of sp³-hybridized carbons (Fsp3) is 0.562. The lowest BCUT2D eigenvalue weighted by atomic mass is 9.94. The molecule has 0 amide bonds. The molecule has 1 aliphatic rings. The highest BCUT2D eigenvalue weighted by Gasteiger charge is 2.20. The molecule has 2 aromatic rings. The van der Waals surface area contributed by atoms with Crippen LogP contribution in [0.5, 0.6) is 0 Å². The summed E-state index contributed by atoms with van der Waals surface area (Å²) in [5, 5.41) is 2.06. The molecule has 0 saturated heterocycles. The van der Waals surface area contributed by atoms with Gasteiger partial charge in [0.25, 0.3) is 0 Å². The summed E-state index contributed by atoms with van der Waals surface area (Å²) in [5.41, 5.74) is 1.08. The molecular weight excluding hydrogens is 268 g/mol. The zero-order valence-corrected chi connectivity index (χ0v) is 13.1. The van der Waals surface area contributed by atoms with Gasteiger partial charge in [-0.2, -0.15) is 0 Å². The van der Waals surface area contributed by atoms with Crippen molar-refractivity contribution in [2.45, 2.75) is 51.6 Å².